The fourth-order valence-corrected chi connectivity index (χ4v) is 2.23. The molecule has 1 aromatic carbocycles. The fraction of sp³-hybridized carbons (Fsp3) is 0.529. The first kappa shape index (κ1) is 19.4. The second-order valence-corrected chi connectivity index (χ2v) is 5.52. The molecule has 6 heteroatoms. The Morgan fingerprint density at radius 2 is 2.00 bits per heavy atom. The molecule has 23 heavy (non-hydrogen) atoms. The maximum Gasteiger partial charge on any atom is 0.257 e. The molecule has 0 radical (unpaired) electrons. The molecule has 2 N–H and O–H groups in total. The van der Waals surface area contributed by atoms with Crippen LogP contribution in [0, 0.1) is 0 Å². The zero-order valence-electron chi connectivity index (χ0n) is 14.2. The molecule has 1 rings (SSSR count). The summed E-state index contributed by atoms with van der Waals surface area (Å²) in [6.07, 6.45) is 0.928. The minimum atomic E-state index is -0.229. The summed E-state index contributed by atoms with van der Waals surface area (Å²) < 4.78 is 5.53. The van der Waals surface area contributed by atoms with Crippen LogP contribution in [0.25, 0.3) is 0 Å². The molecule has 128 valence electrons. The van der Waals surface area contributed by atoms with Crippen molar-refractivity contribution in [1.29, 1.82) is 0 Å². The number of nitrogens with one attached hydrogen (secondary N) is 2. The molecular weight excluding hydrogens is 310 g/mol. The molecule has 0 aromatic heterocycles. The predicted octanol–water partition coefficient (Wildman–Crippen LogP) is 2.42. The van der Waals surface area contributed by atoms with Gasteiger partial charge in [0.2, 0.25) is 0 Å². The van der Waals surface area contributed by atoms with E-state index in [9.17, 15) is 4.79 Å². The van der Waals surface area contributed by atoms with E-state index in [1.807, 2.05) is 13.0 Å². The first-order valence-corrected chi connectivity index (χ1v) is 8.55. The van der Waals surface area contributed by atoms with Gasteiger partial charge in [0.1, 0.15) is 5.75 Å². The van der Waals surface area contributed by atoms with E-state index in [-0.39, 0.29) is 5.91 Å². The summed E-state index contributed by atoms with van der Waals surface area (Å²) >= 11 is 5.16. The first-order valence-electron chi connectivity index (χ1n) is 8.15. The van der Waals surface area contributed by atoms with Crippen molar-refractivity contribution >= 4 is 23.2 Å². The van der Waals surface area contributed by atoms with E-state index in [0.717, 1.165) is 26.1 Å². The number of benzene rings is 1. The summed E-state index contributed by atoms with van der Waals surface area (Å²) in [6, 6.07) is 7.11. The minimum absolute atomic E-state index is 0.229. The summed E-state index contributed by atoms with van der Waals surface area (Å²) in [5, 5.41) is 6.10. The van der Waals surface area contributed by atoms with Crippen LogP contribution in [0.2, 0.25) is 0 Å². The maximum absolute atomic E-state index is 12.2. The zero-order valence-corrected chi connectivity index (χ0v) is 15.0. The number of hydrogen-bond donors (Lipinski definition) is 2. The number of nitrogens with zero attached hydrogens (tertiary/aromatic N) is 1. The highest BCUT2D eigenvalue weighted by Gasteiger charge is 2.09. The second kappa shape index (κ2) is 11.0. The molecule has 0 fully saturated rings. The van der Waals surface area contributed by atoms with Crippen molar-refractivity contribution in [1.82, 2.24) is 15.5 Å². The second-order valence-electron chi connectivity index (χ2n) is 5.11. The third kappa shape index (κ3) is 7.43. The van der Waals surface area contributed by atoms with Gasteiger partial charge in [0.25, 0.3) is 5.91 Å². The van der Waals surface area contributed by atoms with Gasteiger partial charge in [-0.1, -0.05) is 26.8 Å². The number of hydrogen-bond acceptors (Lipinski definition) is 4. The zero-order chi connectivity index (χ0) is 17.1. The summed E-state index contributed by atoms with van der Waals surface area (Å²) in [5.74, 6) is 0.465. The average Bonchev–Trinajstić information content (AvgIpc) is 2.57. The van der Waals surface area contributed by atoms with Crippen LogP contribution in [0.15, 0.2) is 24.3 Å². The number of rotatable bonds is 9. The highest BCUT2D eigenvalue weighted by molar-refractivity contribution is 7.80. The largest absolute Gasteiger partial charge is 0.494 e. The number of ether oxygens (including phenoxy) is 1. The van der Waals surface area contributed by atoms with Crippen molar-refractivity contribution in [2.45, 2.75) is 27.2 Å². The first-order chi connectivity index (χ1) is 11.1. The van der Waals surface area contributed by atoms with Gasteiger partial charge in [-0.2, -0.15) is 0 Å². The van der Waals surface area contributed by atoms with Crippen LogP contribution in [-0.2, 0) is 0 Å². The molecule has 0 heterocycles. The Balaban J connectivity index is 2.44. The van der Waals surface area contributed by atoms with Crippen LogP contribution >= 0.6 is 12.2 Å². The molecule has 5 nitrogen and oxygen atoms in total. The number of likely N-dealkylation sites (N-methyl/N-ethyl adjacent to an activating group) is 1. The standard InChI is InChI=1S/C17H27N3O2S/c1-4-12-22-15-9-7-8-14(13-15)16(21)19-17(23)18-10-11-20(5-2)6-3/h7-9,13H,4-6,10-12H2,1-3H3,(H2,18,19,21,23). The van der Waals surface area contributed by atoms with Gasteiger partial charge in [0.15, 0.2) is 5.11 Å². The number of thiocarbonyl (C=S) groups is 1. The Kier molecular flexibility index (Phi) is 9.24. The van der Waals surface area contributed by atoms with Gasteiger partial charge in [-0.15, -0.1) is 0 Å². The third-order valence-corrected chi connectivity index (χ3v) is 3.65. The van der Waals surface area contributed by atoms with Crippen molar-refractivity contribution in [3.05, 3.63) is 29.8 Å². The number of carbonyl (C=O) groups excluding carboxylic acids is 1. The molecule has 0 saturated carbocycles. The van der Waals surface area contributed by atoms with Gasteiger partial charge in [0, 0.05) is 18.7 Å². The predicted molar refractivity (Wildman–Crippen MR) is 98.1 cm³/mol. The third-order valence-electron chi connectivity index (χ3n) is 3.40. The van der Waals surface area contributed by atoms with Crippen LogP contribution in [0.4, 0.5) is 0 Å². The highest BCUT2D eigenvalue weighted by atomic mass is 32.1. The number of carbonyl (C=O) groups is 1. The Morgan fingerprint density at radius 3 is 2.65 bits per heavy atom. The molecule has 0 unspecified atom stereocenters. The van der Waals surface area contributed by atoms with Crippen molar-refractivity contribution in [3.8, 4) is 5.75 Å². The Morgan fingerprint density at radius 1 is 1.26 bits per heavy atom. The smallest absolute Gasteiger partial charge is 0.257 e. The number of amides is 1. The van der Waals surface area contributed by atoms with Crippen LogP contribution in [0.3, 0.4) is 0 Å². The van der Waals surface area contributed by atoms with Crippen LogP contribution in [0.1, 0.15) is 37.6 Å². The summed E-state index contributed by atoms with van der Waals surface area (Å²) in [6.45, 7) is 10.5. The Hall–Kier alpha value is -1.66. The lowest BCUT2D eigenvalue weighted by Gasteiger charge is -2.18. The topological polar surface area (TPSA) is 53.6 Å². The lowest BCUT2D eigenvalue weighted by molar-refractivity contribution is 0.0976. The normalized spacial score (nSPS) is 10.4. The Bertz CT molecular complexity index is 504. The summed E-state index contributed by atoms with van der Waals surface area (Å²) in [7, 11) is 0. The molecule has 0 aliphatic carbocycles. The average molecular weight is 337 g/mol. The van der Waals surface area contributed by atoms with Crippen LogP contribution in [0.5, 0.6) is 5.75 Å². The van der Waals surface area contributed by atoms with E-state index in [4.69, 9.17) is 17.0 Å². The highest BCUT2D eigenvalue weighted by Crippen LogP contribution is 2.13. The molecule has 0 spiro atoms. The van der Waals surface area contributed by atoms with Gasteiger partial charge in [-0.3, -0.25) is 10.1 Å². The molecule has 0 bridgehead atoms. The molecule has 0 saturated heterocycles. The SMILES string of the molecule is CCCOc1cccc(C(=O)NC(=S)NCCN(CC)CC)c1. The van der Waals surface area contributed by atoms with Gasteiger partial charge in [-0.05, 0) is 49.9 Å². The van der Waals surface area contributed by atoms with Gasteiger partial charge in [-0.25, -0.2) is 0 Å². The van der Waals surface area contributed by atoms with E-state index in [1.165, 1.54) is 0 Å². The quantitative estimate of drug-likeness (QED) is 0.678. The van der Waals surface area contributed by atoms with Gasteiger partial charge >= 0.3 is 0 Å². The monoisotopic (exact) mass is 337 g/mol. The van der Waals surface area contributed by atoms with Gasteiger partial charge < -0.3 is 15.0 Å². The molecule has 1 aromatic rings. The van der Waals surface area contributed by atoms with E-state index < -0.39 is 0 Å². The van der Waals surface area contributed by atoms with E-state index in [2.05, 4.69) is 29.4 Å². The summed E-state index contributed by atoms with van der Waals surface area (Å²) in [5.41, 5.74) is 0.534. The lowest BCUT2D eigenvalue weighted by Crippen LogP contribution is -2.42. The van der Waals surface area contributed by atoms with Crippen molar-refractivity contribution in [2.24, 2.45) is 0 Å². The molecular formula is C17H27N3O2S. The minimum Gasteiger partial charge on any atom is -0.494 e. The van der Waals surface area contributed by atoms with Crippen molar-refractivity contribution in [2.75, 3.05) is 32.8 Å². The van der Waals surface area contributed by atoms with Crippen LogP contribution in [-0.4, -0.2) is 48.7 Å². The molecule has 1 amide bonds. The lowest BCUT2D eigenvalue weighted by atomic mass is 10.2. The van der Waals surface area contributed by atoms with E-state index in [1.54, 1.807) is 18.2 Å². The van der Waals surface area contributed by atoms with Crippen molar-refractivity contribution < 1.29 is 9.53 Å². The van der Waals surface area contributed by atoms with E-state index >= 15 is 0 Å². The fourth-order valence-electron chi connectivity index (χ4n) is 2.03. The van der Waals surface area contributed by atoms with Crippen molar-refractivity contribution in [3.63, 3.8) is 0 Å². The summed E-state index contributed by atoms with van der Waals surface area (Å²) in [4.78, 5) is 14.5. The molecule has 0 atom stereocenters. The van der Waals surface area contributed by atoms with Crippen LogP contribution < -0.4 is 15.4 Å². The molecule has 0 aliphatic rings. The molecule has 0 aliphatic heterocycles. The van der Waals surface area contributed by atoms with Gasteiger partial charge in [0.05, 0.1) is 6.61 Å². The Labute approximate surface area is 144 Å². The maximum atomic E-state index is 12.2. The van der Waals surface area contributed by atoms with E-state index in [0.29, 0.717) is 29.6 Å².